The summed E-state index contributed by atoms with van der Waals surface area (Å²) >= 11 is 0. The van der Waals surface area contributed by atoms with Crippen molar-refractivity contribution >= 4 is 17.7 Å². The third kappa shape index (κ3) is 4.18. The number of carbonyl (C=O) groups excluding carboxylic acids is 1. The summed E-state index contributed by atoms with van der Waals surface area (Å²) in [5.41, 5.74) is 7.26. The molecule has 4 heteroatoms. The molecule has 1 rings (SSSR count). The van der Waals surface area contributed by atoms with Gasteiger partial charge in [-0.05, 0) is 24.6 Å². The Morgan fingerprint density at radius 2 is 2.24 bits per heavy atom. The molecule has 0 radical (unpaired) electrons. The van der Waals surface area contributed by atoms with Crippen LogP contribution >= 0.6 is 0 Å². The summed E-state index contributed by atoms with van der Waals surface area (Å²) < 4.78 is 9.86. The first-order chi connectivity index (χ1) is 8.17. The number of benzene rings is 1. The Kier molecular flexibility index (Phi) is 5.07. The molecule has 1 aromatic carbocycles. The van der Waals surface area contributed by atoms with Gasteiger partial charge in [-0.15, -0.1) is 0 Å². The quantitative estimate of drug-likeness (QED) is 0.628. The molecular formula is C13H17NO3. The van der Waals surface area contributed by atoms with Gasteiger partial charge in [0.25, 0.3) is 0 Å². The second kappa shape index (κ2) is 6.58. The molecule has 0 fully saturated rings. The number of rotatable bonds is 5. The van der Waals surface area contributed by atoms with Gasteiger partial charge >= 0.3 is 5.97 Å². The van der Waals surface area contributed by atoms with E-state index in [2.05, 4.69) is 0 Å². The first kappa shape index (κ1) is 13.1. The lowest BCUT2D eigenvalue weighted by Crippen LogP contribution is -2.01. The average Bonchev–Trinajstić information content (AvgIpc) is 2.29. The minimum Gasteiger partial charge on any atom is -0.495 e. The molecule has 0 aliphatic rings. The molecule has 0 unspecified atom stereocenters. The van der Waals surface area contributed by atoms with E-state index >= 15 is 0 Å². The molecule has 0 aliphatic carbocycles. The fraction of sp³-hybridized carbons (Fsp3) is 0.308. The zero-order valence-electron chi connectivity index (χ0n) is 10.1. The van der Waals surface area contributed by atoms with E-state index in [1.165, 1.54) is 0 Å². The van der Waals surface area contributed by atoms with Crippen LogP contribution in [-0.2, 0) is 9.53 Å². The van der Waals surface area contributed by atoms with Crippen LogP contribution in [-0.4, -0.2) is 19.7 Å². The van der Waals surface area contributed by atoms with E-state index in [1.54, 1.807) is 32.2 Å². The lowest BCUT2D eigenvalue weighted by atomic mass is 10.1. The number of carbonyl (C=O) groups is 1. The van der Waals surface area contributed by atoms with Gasteiger partial charge in [-0.1, -0.05) is 18.2 Å². The normalized spacial score (nSPS) is 10.5. The van der Waals surface area contributed by atoms with Crippen molar-refractivity contribution in [3.05, 3.63) is 29.8 Å². The zero-order chi connectivity index (χ0) is 12.7. The highest BCUT2D eigenvalue weighted by Crippen LogP contribution is 2.22. The summed E-state index contributed by atoms with van der Waals surface area (Å²) in [6, 6.07) is 5.46. The summed E-state index contributed by atoms with van der Waals surface area (Å²) in [5.74, 6) is 0.415. The Balaban J connectivity index is 2.60. The van der Waals surface area contributed by atoms with Crippen molar-refractivity contribution in [1.29, 1.82) is 0 Å². The molecule has 0 heterocycles. The topological polar surface area (TPSA) is 61.5 Å². The number of nitrogen functional groups attached to an aromatic ring is 1. The lowest BCUT2D eigenvalue weighted by molar-refractivity contribution is -0.142. The Labute approximate surface area is 101 Å². The van der Waals surface area contributed by atoms with Gasteiger partial charge < -0.3 is 15.2 Å². The summed E-state index contributed by atoms with van der Waals surface area (Å²) in [4.78, 5) is 11.1. The van der Waals surface area contributed by atoms with Crippen molar-refractivity contribution in [2.45, 2.75) is 13.3 Å². The van der Waals surface area contributed by atoms with E-state index in [0.717, 1.165) is 5.56 Å². The predicted molar refractivity (Wildman–Crippen MR) is 67.7 cm³/mol. The van der Waals surface area contributed by atoms with E-state index in [9.17, 15) is 4.79 Å². The fourth-order valence-corrected chi connectivity index (χ4v) is 1.37. The molecule has 0 aliphatic heterocycles. The van der Waals surface area contributed by atoms with Crippen molar-refractivity contribution < 1.29 is 14.3 Å². The van der Waals surface area contributed by atoms with E-state index in [1.807, 2.05) is 12.1 Å². The van der Waals surface area contributed by atoms with Crippen molar-refractivity contribution in [3.63, 3.8) is 0 Å². The van der Waals surface area contributed by atoms with Crippen LogP contribution in [0.2, 0.25) is 0 Å². The molecule has 0 aromatic heterocycles. The van der Waals surface area contributed by atoms with Gasteiger partial charge in [0.15, 0.2) is 0 Å². The van der Waals surface area contributed by atoms with E-state index in [0.29, 0.717) is 18.0 Å². The Morgan fingerprint density at radius 3 is 2.82 bits per heavy atom. The third-order valence-corrected chi connectivity index (χ3v) is 2.15. The molecule has 0 amide bonds. The van der Waals surface area contributed by atoms with Crippen LogP contribution in [0.25, 0.3) is 6.08 Å². The summed E-state index contributed by atoms with van der Waals surface area (Å²) in [7, 11) is 1.57. The first-order valence-electron chi connectivity index (χ1n) is 5.43. The van der Waals surface area contributed by atoms with Gasteiger partial charge in [-0.3, -0.25) is 4.79 Å². The van der Waals surface area contributed by atoms with Gasteiger partial charge in [0, 0.05) is 0 Å². The molecule has 0 saturated carbocycles. The van der Waals surface area contributed by atoms with Gasteiger partial charge in [0.1, 0.15) is 5.75 Å². The Morgan fingerprint density at radius 1 is 1.47 bits per heavy atom. The second-order valence-corrected chi connectivity index (χ2v) is 3.41. The van der Waals surface area contributed by atoms with Gasteiger partial charge in [0.05, 0.1) is 25.8 Å². The van der Waals surface area contributed by atoms with Gasteiger partial charge in [0.2, 0.25) is 0 Å². The molecule has 0 atom stereocenters. The summed E-state index contributed by atoms with van der Waals surface area (Å²) in [6.45, 7) is 2.19. The van der Waals surface area contributed by atoms with Crippen molar-refractivity contribution in [1.82, 2.24) is 0 Å². The highest BCUT2D eigenvalue weighted by Gasteiger charge is 1.99. The van der Waals surface area contributed by atoms with Crippen LogP contribution in [0.4, 0.5) is 5.69 Å². The van der Waals surface area contributed by atoms with Gasteiger partial charge in [-0.25, -0.2) is 0 Å². The molecule has 0 spiro atoms. The Hall–Kier alpha value is -1.97. The lowest BCUT2D eigenvalue weighted by Gasteiger charge is -2.04. The first-order valence-corrected chi connectivity index (χ1v) is 5.43. The SMILES string of the molecule is CCOC(=O)CC=Cc1ccc(OC)c(N)c1. The number of hydrogen-bond acceptors (Lipinski definition) is 4. The molecule has 4 nitrogen and oxygen atoms in total. The van der Waals surface area contributed by atoms with Crippen LogP contribution in [0.15, 0.2) is 24.3 Å². The molecule has 17 heavy (non-hydrogen) atoms. The highest BCUT2D eigenvalue weighted by molar-refractivity contribution is 5.73. The number of methoxy groups -OCH3 is 1. The van der Waals surface area contributed by atoms with E-state index < -0.39 is 0 Å². The van der Waals surface area contributed by atoms with Crippen LogP contribution < -0.4 is 10.5 Å². The maximum atomic E-state index is 11.1. The van der Waals surface area contributed by atoms with Crippen LogP contribution in [0.3, 0.4) is 0 Å². The van der Waals surface area contributed by atoms with E-state index in [4.69, 9.17) is 15.2 Å². The number of esters is 1. The van der Waals surface area contributed by atoms with Gasteiger partial charge in [-0.2, -0.15) is 0 Å². The highest BCUT2D eigenvalue weighted by atomic mass is 16.5. The maximum Gasteiger partial charge on any atom is 0.309 e. The number of ether oxygens (including phenoxy) is 2. The molecular weight excluding hydrogens is 218 g/mol. The predicted octanol–water partition coefficient (Wildman–Crippen LogP) is 2.24. The van der Waals surface area contributed by atoms with Crippen molar-refractivity contribution in [2.24, 2.45) is 0 Å². The largest absolute Gasteiger partial charge is 0.495 e. The smallest absolute Gasteiger partial charge is 0.309 e. The van der Waals surface area contributed by atoms with Crippen LogP contribution in [0.1, 0.15) is 18.9 Å². The summed E-state index contributed by atoms with van der Waals surface area (Å²) in [6.07, 6.45) is 3.84. The minimum absolute atomic E-state index is 0.231. The van der Waals surface area contributed by atoms with Crippen LogP contribution in [0.5, 0.6) is 5.75 Å². The minimum atomic E-state index is -0.231. The third-order valence-electron chi connectivity index (χ3n) is 2.15. The molecule has 0 saturated heterocycles. The summed E-state index contributed by atoms with van der Waals surface area (Å²) in [5, 5.41) is 0. The van der Waals surface area contributed by atoms with E-state index in [-0.39, 0.29) is 12.4 Å². The fourth-order valence-electron chi connectivity index (χ4n) is 1.37. The number of nitrogens with two attached hydrogens (primary N) is 1. The molecule has 1 aromatic rings. The number of anilines is 1. The average molecular weight is 235 g/mol. The zero-order valence-corrected chi connectivity index (χ0v) is 10.1. The monoisotopic (exact) mass is 235 g/mol. The molecule has 0 bridgehead atoms. The second-order valence-electron chi connectivity index (χ2n) is 3.41. The number of hydrogen-bond donors (Lipinski definition) is 1. The van der Waals surface area contributed by atoms with Crippen molar-refractivity contribution in [2.75, 3.05) is 19.5 Å². The standard InChI is InChI=1S/C13H17NO3/c1-3-17-13(15)6-4-5-10-7-8-12(16-2)11(14)9-10/h4-5,7-9H,3,6,14H2,1-2H3. The molecule has 2 N–H and O–H groups in total. The van der Waals surface area contributed by atoms with Crippen molar-refractivity contribution in [3.8, 4) is 5.75 Å². The maximum absolute atomic E-state index is 11.1. The molecule has 92 valence electrons. The van der Waals surface area contributed by atoms with Crippen LogP contribution in [0, 0.1) is 0 Å². The Bertz CT molecular complexity index is 413.